The molecule has 1 aromatic heterocycles. The standard InChI is InChI=1S/C25H22BrN3OS/c26-21-10-11-22-23(17-21)31-25(27-22)29-14-12-28(13-15-29)24(30)20-8-6-19(7-9-20)16-18-4-2-1-3-5-18/h1-11,17H,12-16H2. The number of rotatable bonds is 4. The first-order valence-electron chi connectivity index (χ1n) is 10.4. The summed E-state index contributed by atoms with van der Waals surface area (Å²) in [6.45, 7) is 3.03. The molecular formula is C25H22BrN3OS. The van der Waals surface area contributed by atoms with Crippen molar-refractivity contribution in [3.05, 3.63) is 94.0 Å². The number of thiazole rings is 1. The molecule has 0 bridgehead atoms. The summed E-state index contributed by atoms with van der Waals surface area (Å²) >= 11 is 5.23. The molecule has 156 valence electrons. The summed E-state index contributed by atoms with van der Waals surface area (Å²) in [5.41, 5.74) is 4.28. The molecule has 1 aliphatic rings. The van der Waals surface area contributed by atoms with Crippen LogP contribution < -0.4 is 4.90 Å². The second-order valence-electron chi connectivity index (χ2n) is 7.75. The number of nitrogens with zero attached hydrogens (tertiary/aromatic N) is 3. The number of hydrogen-bond acceptors (Lipinski definition) is 4. The Balaban J connectivity index is 1.21. The number of halogens is 1. The van der Waals surface area contributed by atoms with Crippen molar-refractivity contribution in [2.24, 2.45) is 0 Å². The molecule has 3 aromatic carbocycles. The molecule has 4 nitrogen and oxygen atoms in total. The average Bonchev–Trinajstić information content (AvgIpc) is 3.23. The summed E-state index contributed by atoms with van der Waals surface area (Å²) < 4.78 is 2.25. The van der Waals surface area contributed by atoms with Crippen LogP contribution in [0.2, 0.25) is 0 Å². The number of carbonyl (C=O) groups excluding carboxylic acids is 1. The number of carbonyl (C=O) groups is 1. The Bertz CT molecular complexity index is 1200. The van der Waals surface area contributed by atoms with E-state index in [0.717, 1.165) is 40.2 Å². The van der Waals surface area contributed by atoms with E-state index in [0.29, 0.717) is 13.1 Å². The molecule has 1 fully saturated rings. The third-order valence-electron chi connectivity index (χ3n) is 5.63. The van der Waals surface area contributed by atoms with Gasteiger partial charge in [-0.25, -0.2) is 4.98 Å². The van der Waals surface area contributed by atoms with Crippen molar-refractivity contribution in [3.63, 3.8) is 0 Å². The van der Waals surface area contributed by atoms with Gasteiger partial charge in [-0.15, -0.1) is 0 Å². The Labute approximate surface area is 194 Å². The minimum absolute atomic E-state index is 0.110. The minimum Gasteiger partial charge on any atom is -0.345 e. The van der Waals surface area contributed by atoms with Crippen molar-refractivity contribution in [1.29, 1.82) is 0 Å². The Hall–Kier alpha value is -2.70. The number of anilines is 1. The molecule has 2 heterocycles. The lowest BCUT2D eigenvalue weighted by atomic mass is 10.0. The van der Waals surface area contributed by atoms with Gasteiger partial charge in [0.2, 0.25) is 0 Å². The Morgan fingerprint density at radius 3 is 2.35 bits per heavy atom. The fourth-order valence-corrected chi connectivity index (χ4v) is 5.47. The van der Waals surface area contributed by atoms with E-state index in [4.69, 9.17) is 4.98 Å². The molecule has 0 spiro atoms. The topological polar surface area (TPSA) is 36.4 Å². The first kappa shape index (κ1) is 20.2. The summed E-state index contributed by atoms with van der Waals surface area (Å²) in [5, 5.41) is 1.03. The molecule has 0 unspecified atom stereocenters. The van der Waals surface area contributed by atoms with Gasteiger partial charge in [0, 0.05) is 36.2 Å². The fraction of sp³-hybridized carbons (Fsp3) is 0.200. The number of aromatic nitrogens is 1. The molecule has 4 aromatic rings. The lowest BCUT2D eigenvalue weighted by molar-refractivity contribution is 0.0747. The van der Waals surface area contributed by atoms with Gasteiger partial charge < -0.3 is 9.80 Å². The van der Waals surface area contributed by atoms with Crippen LogP contribution in [0.1, 0.15) is 21.5 Å². The highest BCUT2D eigenvalue weighted by molar-refractivity contribution is 9.10. The molecule has 0 atom stereocenters. The van der Waals surface area contributed by atoms with Gasteiger partial charge in [0.1, 0.15) is 0 Å². The molecule has 1 amide bonds. The predicted octanol–water partition coefficient (Wildman–Crippen LogP) is 5.61. The zero-order valence-corrected chi connectivity index (χ0v) is 19.4. The summed E-state index contributed by atoms with van der Waals surface area (Å²) in [6.07, 6.45) is 0.882. The second-order valence-corrected chi connectivity index (χ2v) is 9.67. The predicted molar refractivity (Wildman–Crippen MR) is 131 cm³/mol. The zero-order valence-electron chi connectivity index (χ0n) is 17.0. The largest absolute Gasteiger partial charge is 0.345 e. The molecule has 0 N–H and O–H groups in total. The van der Waals surface area contributed by atoms with E-state index >= 15 is 0 Å². The van der Waals surface area contributed by atoms with Crippen LogP contribution in [0.25, 0.3) is 10.2 Å². The van der Waals surface area contributed by atoms with E-state index in [9.17, 15) is 4.79 Å². The molecule has 0 radical (unpaired) electrons. The molecule has 0 saturated carbocycles. The normalized spacial score (nSPS) is 14.2. The van der Waals surface area contributed by atoms with Gasteiger partial charge in [-0.2, -0.15) is 0 Å². The Kier molecular flexibility index (Phi) is 5.74. The maximum Gasteiger partial charge on any atom is 0.253 e. The number of fused-ring (bicyclic) bond motifs is 1. The highest BCUT2D eigenvalue weighted by Crippen LogP contribution is 2.31. The van der Waals surface area contributed by atoms with E-state index in [2.05, 4.69) is 63.3 Å². The van der Waals surface area contributed by atoms with Crippen LogP contribution >= 0.6 is 27.3 Å². The Morgan fingerprint density at radius 1 is 0.903 bits per heavy atom. The third-order valence-corrected chi connectivity index (χ3v) is 7.20. The zero-order chi connectivity index (χ0) is 21.2. The third kappa shape index (κ3) is 4.50. The summed E-state index contributed by atoms with van der Waals surface area (Å²) in [6, 6.07) is 24.6. The van der Waals surface area contributed by atoms with Gasteiger partial charge in [0.15, 0.2) is 5.13 Å². The highest BCUT2D eigenvalue weighted by atomic mass is 79.9. The number of hydrogen-bond donors (Lipinski definition) is 0. The lowest BCUT2D eigenvalue weighted by Crippen LogP contribution is -2.48. The fourth-order valence-electron chi connectivity index (χ4n) is 3.90. The smallest absolute Gasteiger partial charge is 0.253 e. The molecule has 1 aliphatic heterocycles. The molecule has 31 heavy (non-hydrogen) atoms. The van der Waals surface area contributed by atoms with Crippen LogP contribution in [0, 0.1) is 0 Å². The SMILES string of the molecule is O=C(c1ccc(Cc2ccccc2)cc1)N1CCN(c2nc3ccc(Br)cc3s2)CC1. The maximum atomic E-state index is 13.0. The van der Waals surface area contributed by atoms with Gasteiger partial charge in [0.25, 0.3) is 5.91 Å². The number of benzene rings is 3. The van der Waals surface area contributed by atoms with Crippen molar-refractivity contribution in [3.8, 4) is 0 Å². The van der Waals surface area contributed by atoms with Crippen molar-refractivity contribution in [2.45, 2.75) is 6.42 Å². The van der Waals surface area contributed by atoms with E-state index < -0.39 is 0 Å². The van der Waals surface area contributed by atoms with E-state index in [1.807, 2.05) is 35.2 Å². The minimum atomic E-state index is 0.110. The van der Waals surface area contributed by atoms with Crippen LogP contribution in [0.5, 0.6) is 0 Å². The van der Waals surface area contributed by atoms with Gasteiger partial charge in [-0.3, -0.25) is 4.79 Å². The van der Waals surface area contributed by atoms with Gasteiger partial charge >= 0.3 is 0 Å². The van der Waals surface area contributed by atoms with E-state index in [-0.39, 0.29) is 5.91 Å². The number of piperazine rings is 1. The molecule has 0 aliphatic carbocycles. The van der Waals surface area contributed by atoms with Crippen LogP contribution in [-0.4, -0.2) is 42.0 Å². The highest BCUT2D eigenvalue weighted by Gasteiger charge is 2.24. The maximum absolute atomic E-state index is 13.0. The van der Waals surface area contributed by atoms with E-state index in [1.54, 1.807) is 11.3 Å². The molecular weight excluding hydrogens is 470 g/mol. The summed E-state index contributed by atoms with van der Waals surface area (Å²) in [4.78, 5) is 22.0. The first-order chi connectivity index (χ1) is 15.2. The average molecular weight is 492 g/mol. The molecule has 1 saturated heterocycles. The van der Waals surface area contributed by atoms with Crippen molar-refractivity contribution in [2.75, 3.05) is 31.1 Å². The lowest BCUT2D eigenvalue weighted by Gasteiger charge is -2.34. The quantitative estimate of drug-likeness (QED) is 0.372. The molecule has 6 heteroatoms. The second kappa shape index (κ2) is 8.81. The first-order valence-corrected chi connectivity index (χ1v) is 12.0. The monoisotopic (exact) mass is 491 g/mol. The van der Waals surface area contributed by atoms with Gasteiger partial charge in [-0.05, 0) is 47.9 Å². The van der Waals surface area contributed by atoms with Gasteiger partial charge in [-0.1, -0.05) is 69.7 Å². The van der Waals surface area contributed by atoms with Crippen molar-refractivity contribution in [1.82, 2.24) is 9.88 Å². The summed E-state index contributed by atoms with van der Waals surface area (Å²) in [5.74, 6) is 0.110. The van der Waals surface area contributed by atoms with Crippen LogP contribution in [0.15, 0.2) is 77.3 Å². The van der Waals surface area contributed by atoms with Gasteiger partial charge in [0.05, 0.1) is 10.2 Å². The summed E-state index contributed by atoms with van der Waals surface area (Å²) in [7, 11) is 0. The van der Waals surface area contributed by atoms with Crippen LogP contribution in [0.4, 0.5) is 5.13 Å². The number of amides is 1. The van der Waals surface area contributed by atoms with E-state index in [1.165, 1.54) is 15.8 Å². The van der Waals surface area contributed by atoms with Crippen molar-refractivity contribution < 1.29 is 4.79 Å². The van der Waals surface area contributed by atoms with Crippen molar-refractivity contribution >= 4 is 48.5 Å². The Morgan fingerprint density at radius 2 is 1.61 bits per heavy atom. The van der Waals surface area contributed by atoms with Crippen LogP contribution in [0.3, 0.4) is 0 Å². The van der Waals surface area contributed by atoms with Crippen LogP contribution in [-0.2, 0) is 6.42 Å². The molecule has 5 rings (SSSR count).